The number of nitrogens with zero attached hydrogens (tertiary/aromatic N) is 1. The summed E-state index contributed by atoms with van der Waals surface area (Å²) in [6.07, 6.45) is 4.39. The van der Waals surface area contributed by atoms with Gasteiger partial charge in [-0.25, -0.2) is 8.42 Å². The molecular weight excluding hydrogens is 316 g/mol. The van der Waals surface area contributed by atoms with Crippen LogP contribution in [-0.2, 0) is 14.6 Å². The van der Waals surface area contributed by atoms with Crippen molar-refractivity contribution >= 4 is 27.3 Å². The van der Waals surface area contributed by atoms with Crippen LogP contribution in [0.2, 0.25) is 0 Å². The summed E-state index contributed by atoms with van der Waals surface area (Å²) in [5, 5.41) is 11.3. The van der Waals surface area contributed by atoms with Crippen molar-refractivity contribution < 1.29 is 18.3 Å². The number of carbonyl (C=O) groups is 1. The summed E-state index contributed by atoms with van der Waals surface area (Å²) < 4.78 is 23.0. The lowest BCUT2D eigenvalue weighted by Crippen LogP contribution is -2.48. The lowest BCUT2D eigenvalue weighted by Gasteiger charge is -2.28. The minimum atomic E-state index is -3.14. The van der Waals surface area contributed by atoms with E-state index in [9.17, 15) is 13.2 Å². The fourth-order valence-electron chi connectivity index (χ4n) is 3.16. The molecule has 122 valence electrons. The van der Waals surface area contributed by atoms with Crippen LogP contribution in [0.25, 0.3) is 0 Å². The van der Waals surface area contributed by atoms with Crippen LogP contribution in [0.4, 0.5) is 0 Å². The SMILES string of the molecule is O=C(CN(CCO)C1CCCC1)NC1CS(=O)(=O)CC1Cl. The fourth-order valence-corrected chi connectivity index (χ4v) is 5.71. The summed E-state index contributed by atoms with van der Waals surface area (Å²) in [5.41, 5.74) is 0. The van der Waals surface area contributed by atoms with Crippen molar-refractivity contribution in [3.05, 3.63) is 0 Å². The van der Waals surface area contributed by atoms with Gasteiger partial charge in [0.25, 0.3) is 0 Å². The molecule has 21 heavy (non-hydrogen) atoms. The van der Waals surface area contributed by atoms with E-state index in [0.717, 1.165) is 25.7 Å². The van der Waals surface area contributed by atoms with Gasteiger partial charge in [-0.3, -0.25) is 9.69 Å². The normalized spacial score (nSPS) is 29.1. The Morgan fingerprint density at radius 3 is 2.48 bits per heavy atom. The van der Waals surface area contributed by atoms with Crippen molar-refractivity contribution in [3.8, 4) is 0 Å². The van der Waals surface area contributed by atoms with Gasteiger partial charge in [0.1, 0.15) is 0 Å². The number of alkyl halides is 1. The maximum atomic E-state index is 12.1. The van der Waals surface area contributed by atoms with Crippen molar-refractivity contribution in [2.45, 2.75) is 43.1 Å². The van der Waals surface area contributed by atoms with Gasteiger partial charge in [-0.1, -0.05) is 12.8 Å². The zero-order valence-corrected chi connectivity index (χ0v) is 13.6. The second-order valence-corrected chi connectivity index (χ2v) is 8.61. The molecule has 0 aromatic carbocycles. The van der Waals surface area contributed by atoms with E-state index in [-0.39, 0.29) is 30.6 Å². The van der Waals surface area contributed by atoms with Crippen molar-refractivity contribution in [1.29, 1.82) is 0 Å². The predicted octanol–water partition coefficient (Wildman–Crippen LogP) is -0.256. The smallest absolute Gasteiger partial charge is 0.234 e. The number of hydrogen-bond acceptors (Lipinski definition) is 5. The molecule has 1 aliphatic heterocycles. The highest BCUT2D eigenvalue weighted by Gasteiger charge is 2.37. The molecule has 1 aliphatic carbocycles. The summed E-state index contributed by atoms with van der Waals surface area (Å²) in [7, 11) is -3.14. The monoisotopic (exact) mass is 338 g/mol. The molecule has 8 heteroatoms. The summed E-state index contributed by atoms with van der Waals surface area (Å²) in [6.45, 7) is 0.663. The van der Waals surface area contributed by atoms with Gasteiger partial charge < -0.3 is 10.4 Å². The quantitative estimate of drug-likeness (QED) is 0.652. The number of halogens is 1. The number of nitrogens with one attached hydrogen (secondary N) is 1. The second kappa shape index (κ2) is 7.26. The van der Waals surface area contributed by atoms with Crippen LogP contribution >= 0.6 is 11.6 Å². The Kier molecular flexibility index (Phi) is 5.88. The number of amides is 1. The van der Waals surface area contributed by atoms with Gasteiger partial charge in [-0.2, -0.15) is 0 Å². The maximum Gasteiger partial charge on any atom is 0.234 e. The molecule has 2 rings (SSSR count). The van der Waals surface area contributed by atoms with Gasteiger partial charge in [0.05, 0.1) is 36.1 Å². The summed E-state index contributed by atoms with van der Waals surface area (Å²) >= 11 is 5.98. The third-order valence-corrected chi connectivity index (χ3v) is 6.58. The van der Waals surface area contributed by atoms with Crippen LogP contribution < -0.4 is 5.32 Å². The van der Waals surface area contributed by atoms with Gasteiger partial charge in [0.15, 0.2) is 9.84 Å². The van der Waals surface area contributed by atoms with E-state index in [4.69, 9.17) is 16.7 Å². The van der Waals surface area contributed by atoms with E-state index in [0.29, 0.717) is 12.6 Å². The summed E-state index contributed by atoms with van der Waals surface area (Å²) in [6, 6.07) is -0.175. The van der Waals surface area contributed by atoms with Crippen molar-refractivity contribution in [2.75, 3.05) is 31.2 Å². The number of rotatable bonds is 6. The molecule has 1 amide bonds. The van der Waals surface area contributed by atoms with E-state index in [1.54, 1.807) is 0 Å². The first-order chi connectivity index (χ1) is 9.91. The highest BCUT2D eigenvalue weighted by Crippen LogP contribution is 2.23. The minimum Gasteiger partial charge on any atom is -0.395 e. The summed E-state index contributed by atoms with van der Waals surface area (Å²) in [4.78, 5) is 14.1. The van der Waals surface area contributed by atoms with Gasteiger partial charge >= 0.3 is 0 Å². The van der Waals surface area contributed by atoms with E-state index in [2.05, 4.69) is 5.32 Å². The first-order valence-electron chi connectivity index (χ1n) is 7.40. The van der Waals surface area contributed by atoms with Gasteiger partial charge in [0.2, 0.25) is 5.91 Å². The van der Waals surface area contributed by atoms with Crippen molar-refractivity contribution in [1.82, 2.24) is 10.2 Å². The third-order valence-electron chi connectivity index (χ3n) is 4.20. The molecule has 0 aromatic heterocycles. The highest BCUT2D eigenvalue weighted by atomic mass is 35.5. The third kappa shape index (κ3) is 4.81. The van der Waals surface area contributed by atoms with Crippen LogP contribution in [0.3, 0.4) is 0 Å². The predicted molar refractivity (Wildman–Crippen MR) is 81.1 cm³/mol. The largest absolute Gasteiger partial charge is 0.395 e. The topological polar surface area (TPSA) is 86.7 Å². The molecule has 2 unspecified atom stereocenters. The van der Waals surface area contributed by atoms with Crippen LogP contribution in [-0.4, -0.2) is 73.0 Å². The zero-order valence-electron chi connectivity index (χ0n) is 12.0. The molecule has 2 aliphatic rings. The minimum absolute atomic E-state index is 0.0136. The summed E-state index contributed by atoms with van der Waals surface area (Å²) in [5.74, 6) is -0.387. The average molecular weight is 339 g/mol. The molecular formula is C13H23ClN2O4S. The van der Waals surface area contributed by atoms with E-state index >= 15 is 0 Å². The molecule has 2 atom stereocenters. The lowest BCUT2D eigenvalue weighted by molar-refractivity contribution is -0.123. The van der Waals surface area contributed by atoms with Crippen LogP contribution in [0.15, 0.2) is 0 Å². The Morgan fingerprint density at radius 1 is 1.29 bits per heavy atom. The Balaban J connectivity index is 1.87. The maximum absolute atomic E-state index is 12.1. The number of carbonyl (C=O) groups excluding carboxylic acids is 1. The number of sulfone groups is 1. The molecule has 1 saturated heterocycles. The number of hydrogen-bond donors (Lipinski definition) is 2. The average Bonchev–Trinajstić information content (AvgIpc) is 2.97. The highest BCUT2D eigenvalue weighted by molar-refractivity contribution is 7.91. The molecule has 2 fully saturated rings. The van der Waals surface area contributed by atoms with E-state index in [1.165, 1.54) is 0 Å². The fraction of sp³-hybridized carbons (Fsp3) is 0.923. The van der Waals surface area contributed by atoms with Crippen molar-refractivity contribution in [3.63, 3.8) is 0 Å². The molecule has 0 radical (unpaired) electrons. The molecule has 0 spiro atoms. The Bertz CT molecular complexity index is 465. The molecule has 1 heterocycles. The number of aliphatic hydroxyl groups is 1. The molecule has 2 N–H and O–H groups in total. The first-order valence-corrected chi connectivity index (χ1v) is 9.66. The zero-order chi connectivity index (χ0) is 15.5. The molecule has 6 nitrogen and oxygen atoms in total. The van der Waals surface area contributed by atoms with Crippen LogP contribution in [0.1, 0.15) is 25.7 Å². The van der Waals surface area contributed by atoms with E-state index in [1.807, 2.05) is 4.90 Å². The number of aliphatic hydroxyl groups excluding tert-OH is 1. The molecule has 1 saturated carbocycles. The van der Waals surface area contributed by atoms with Gasteiger partial charge in [-0.15, -0.1) is 11.6 Å². The first kappa shape index (κ1) is 17.0. The van der Waals surface area contributed by atoms with Crippen LogP contribution in [0, 0.1) is 0 Å². The second-order valence-electron chi connectivity index (χ2n) is 5.90. The Hall–Kier alpha value is -0.370. The van der Waals surface area contributed by atoms with Crippen LogP contribution in [0.5, 0.6) is 0 Å². The van der Waals surface area contributed by atoms with Gasteiger partial charge in [0, 0.05) is 12.6 Å². The van der Waals surface area contributed by atoms with Gasteiger partial charge in [-0.05, 0) is 12.8 Å². The Labute approximate surface area is 130 Å². The molecule has 0 aromatic rings. The van der Waals surface area contributed by atoms with Crippen molar-refractivity contribution in [2.24, 2.45) is 0 Å². The molecule has 0 bridgehead atoms. The van der Waals surface area contributed by atoms with E-state index < -0.39 is 21.3 Å². The Morgan fingerprint density at radius 2 is 1.95 bits per heavy atom. The lowest BCUT2D eigenvalue weighted by atomic mass is 10.2. The standard InChI is InChI=1S/C13H23ClN2O4S/c14-11-8-21(19,20)9-12(11)15-13(18)7-16(5-6-17)10-3-1-2-4-10/h10-12,17H,1-9H2,(H,15,18).